The van der Waals surface area contributed by atoms with Gasteiger partial charge in [0.1, 0.15) is 0 Å². The Balaban J connectivity index is 2.04. The van der Waals surface area contributed by atoms with Gasteiger partial charge in [0.15, 0.2) is 0 Å². The Kier molecular flexibility index (Phi) is 2.35. The number of hydrogen-bond donors (Lipinski definition) is 1. The van der Waals surface area contributed by atoms with Gasteiger partial charge in [0.25, 0.3) is 0 Å². The third kappa shape index (κ3) is 1.69. The second-order valence-electron chi connectivity index (χ2n) is 3.57. The zero-order valence-corrected chi connectivity index (χ0v) is 7.81. The molecule has 1 aliphatic carbocycles. The summed E-state index contributed by atoms with van der Waals surface area (Å²) in [5.74, 6) is -0.936. The second kappa shape index (κ2) is 3.66. The highest BCUT2D eigenvalue weighted by Crippen LogP contribution is 2.29. The van der Waals surface area contributed by atoms with E-state index in [1.54, 1.807) is 0 Å². The predicted molar refractivity (Wildman–Crippen MR) is 54.0 cm³/mol. The van der Waals surface area contributed by atoms with Crippen LogP contribution in [0.3, 0.4) is 0 Å². The van der Waals surface area contributed by atoms with Crippen molar-refractivity contribution in [3.63, 3.8) is 0 Å². The molecule has 0 saturated carbocycles. The van der Waals surface area contributed by atoms with Gasteiger partial charge in [0, 0.05) is 0 Å². The Labute approximate surface area is 82.9 Å². The monoisotopic (exact) mass is 188 g/mol. The first-order valence-electron chi connectivity index (χ1n) is 4.73. The number of carboxylic acid groups (broad SMARTS) is 1. The summed E-state index contributed by atoms with van der Waals surface area (Å²) < 4.78 is 0. The molecule has 0 spiro atoms. The fourth-order valence-electron chi connectivity index (χ4n) is 1.69. The molecule has 72 valence electrons. The van der Waals surface area contributed by atoms with E-state index in [-0.39, 0.29) is 5.92 Å². The molecule has 1 aliphatic rings. The first-order chi connectivity index (χ1) is 6.77. The van der Waals surface area contributed by atoms with Crippen LogP contribution in [-0.2, 0) is 11.2 Å². The van der Waals surface area contributed by atoms with Gasteiger partial charge >= 0.3 is 5.97 Å². The molecule has 0 aliphatic heterocycles. The van der Waals surface area contributed by atoms with Gasteiger partial charge in [-0.25, -0.2) is 0 Å². The van der Waals surface area contributed by atoms with E-state index >= 15 is 0 Å². The average molecular weight is 188 g/mol. The van der Waals surface area contributed by atoms with Crippen LogP contribution in [0.4, 0.5) is 0 Å². The van der Waals surface area contributed by atoms with Gasteiger partial charge in [-0.3, -0.25) is 4.79 Å². The van der Waals surface area contributed by atoms with Crippen molar-refractivity contribution >= 4 is 5.97 Å². The van der Waals surface area contributed by atoms with Gasteiger partial charge in [-0.05, 0) is 18.4 Å². The summed E-state index contributed by atoms with van der Waals surface area (Å²) in [7, 11) is 0. The van der Waals surface area contributed by atoms with Gasteiger partial charge in [-0.15, -0.1) is 0 Å². The summed E-state index contributed by atoms with van der Waals surface area (Å²) in [4.78, 5) is 10.7. The van der Waals surface area contributed by atoms with Gasteiger partial charge in [-0.2, -0.15) is 0 Å². The average Bonchev–Trinajstić information content (AvgIpc) is 2.13. The maximum Gasteiger partial charge on any atom is 0.310 e. The zero-order valence-electron chi connectivity index (χ0n) is 7.81. The first kappa shape index (κ1) is 9.00. The highest BCUT2D eigenvalue weighted by atomic mass is 16.4. The standard InChI is InChI=1S/C12H12O2/c13-12(14)11-7-6-10(11)8-9-4-2-1-3-5-9/h1-6,11H,7-8H2,(H,13,14). The molecule has 2 rings (SSSR count). The molecule has 0 bridgehead atoms. The zero-order chi connectivity index (χ0) is 9.97. The molecule has 1 aromatic rings. The molecule has 1 aromatic carbocycles. The molecule has 0 radical (unpaired) electrons. The maximum atomic E-state index is 10.7. The minimum absolute atomic E-state index is 0.241. The van der Waals surface area contributed by atoms with E-state index in [0.717, 1.165) is 12.0 Å². The van der Waals surface area contributed by atoms with Gasteiger partial charge in [0.2, 0.25) is 0 Å². The van der Waals surface area contributed by atoms with Crippen molar-refractivity contribution in [2.24, 2.45) is 5.92 Å². The van der Waals surface area contributed by atoms with E-state index in [2.05, 4.69) is 0 Å². The van der Waals surface area contributed by atoms with Crippen molar-refractivity contribution < 1.29 is 9.90 Å². The number of allylic oxidation sites excluding steroid dienone is 1. The molecule has 2 nitrogen and oxygen atoms in total. The highest BCUT2D eigenvalue weighted by Gasteiger charge is 2.27. The van der Waals surface area contributed by atoms with Crippen molar-refractivity contribution in [3.8, 4) is 0 Å². The molecule has 0 heterocycles. The largest absolute Gasteiger partial charge is 0.481 e. The number of carbonyl (C=O) groups is 1. The summed E-state index contributed by atoms with van der Waals surface area (Å²) in [5, 5.41) is 8.84. The van der Waals surface area contributed by atoms with Crippen molar-refractivity contribution in [3.05, 3.63) is 47.5 Å². The van der Waals surface area contributed by atoms with Crippen LogP contribution < -0.4 is 0 Å². The van der Waals surface area contributed by atoms with Crippen molar-refractivity contribution in [2.45, 2.75) is 12.8 Å². The maximum absolute atomic E-state index is 10.7. The normalized spacial score (nSPS) is 19.7. The summed E-state index contributed by atoms with van der Waals surface area (Å²) in [5.41, 5.74) is 2.23. The van der Waals surface area contributed by atoms with Crippen molar-refractivity contribution in [1.82, 2.24) is 0 Å². The lowest BCUT2D eigenvalue weighted by atomic mass is 9.81. The lowest BCUT2D eigenvalue weighted by Crippen LogP contribution is -2.23. The minimum atomic E-state index is -0.696. The van der Waals surface area contributed by atoms with Crippen molar-refractivity contribution in [2.75, 3.05) is 0 Å². The Bertz CT molecular complexity index is 365. The quantitative estimate of drug-likeness (QED) is 0.739. The molecule has 1 unspecified atom stereocenters. The molecule has 1 atom stereocenters. The molecule has 14 heavy (non-hydrogen) atoms. The van der Waals surface area contributed by atoms with Gasteiger partial charge in [0.05, 0.1) is 5.92 Å². The number of rotatable bonds is 3. The van der Waals surface area contributed by atoms with E-state index in [0.29, 0.717) is 6.42 Å². The van der Waals surface area contributed by atoms with Gasteiger partial charge in [-0.1, -0.05) is 42.0 Å². The lowest BCUT2D eigenvalue weighted by Gasteiger charge is -2.23. The smallest absolute Gasteiger partial charge is 0.310 e. The van der Waals surface area contributed by atoms with E-state index in [4.69, 9.17) is 5.11 Å². The lowest BCUT2D eigenvalue weighted by molar-refractivity contribution is -0.140. The van der Waals surface area contributed by atoms with E-state index in [1.807, 2.05) is 36.4 Å². The Hall–Kier alpha value is -1.57. The fourth-order valence-corrected chi connectivity index (χ4v) is 1.69. The molecule has 0 fully saturated rings. The van der Waals surface area contributed by atoms with Gasteiger partial charge < -0.3 is 5.11 Å². The Morgan fingerprint density at radius 1 is 1.36 bits per heavy atom. The van der Waals surface area contributed by atoms with Crippen LogP contribution >= 0.6 is 0 Å². The summed E-state index contributed by atoms with van der Waals surface area (Å²) >= 11 is 0. The minimum Gasteiger partial charge on any atom is -0.481 e. The fraction of sp³-hybridized carbons (Fsp3) is 0.250. The van der Waals surface area contributed by atoms with Crippen LogP contribution in [0.5, 0.6) is 0 Å². The number of hydrogen-bond acceptors (Lipinski definition) is 1. The molecular formula is C12H12O2. The highest BCUT2D eigenvalue weighted by molar-refractivity contribution is 5.76. The van der Waals surface area contributed by atoms with Crippen LogP contribution in [0.25, 0.3) is 0 Å². The van der Waals surface area contributed by atoms with E-state index in [9.17, 15) is 4.79 Å². The summed E-state index contributed by atoms with van der Waals surface area (Å²) in [6.45, 7) is 0. The number of carboxylic acids is 1. The molecule has 2 heteroatoms. The summed E-state index contributed by atoms with van der Waals surface area (Å²) in [6.07, 6.45) is 3.49. The Morgan fingerprint density at radius 3 is 2.57 bits per heavy atom. The first-order valence-corrected chi connectivity index (χ1v) is 4.73. The van der Waals surface area contributed by atoms with Crippen LogP contribution in [0.1, 0.15) is 12.0 Å². The molecule has 0 saturated heterocycles. The van der Waals surface area contributed by atoms with Crippen LogP contribution in [0.15, 0.2) is 42.0 Å². The number of aliphatic carboxylic acids is 1. The topological polar surface area (TPSA) is 37.3 Å². The van der Waals surface area contributed by atoms with E-state index in [1.165, 1.54) is 5.56 Å². The van der Waals surface area contributed by atoms with Crippen molar-refractivity contribution in [1.29, 1.82) is 0 Å². The Morgan fingerprint density at radius 2 is 2.07 bits per heavy atom. The molecular weight excluding hydrogens is 176 g/mol. The molecule has 0 amide bonds. The summed E-state index contributed by atoms with van der Waals surface area (Å²) in [6, 6.07) is 9.97. The second-order valence-corrected chi connectivity index (χ2v) is 3.57. The third-order valence-electron chi connectivity index (χ3n) is 2.61. The molecule has 1 N–H and O–H groups in total. The predicted octanol–water partition coefficient (Wildman–Crippen LogP) is 2.26. The number of benzene rings is 1. The van der Waals surface area contributed by atoms with E-state index < -0.39 is 5.97 Å². The van der Waals surface area contributed by atoms with Crippen LogP contribution in [0.2, 0.25) is 0 Å². The molecule has 0 aromatic heterocycles. The third-order valence-corrected chi connectivity index (χ3v) is 2.61. The van der Waals surface area contributed by atoms with Crippen LogP contribution in [0, 0.1) is 5.92 Å². The SMILES string of the molecule is O=C(O)C1CC=C1Cc1ccccc1. The van der Waals surface area contributed by atoms with Crippen LogP contribution in [-0.4, -0.2) is 11.1 Å².